The maximum Gasteiger partial charge on any atom is 0.369 e. The van der Waals surface area contributed by atoms with E-state index in [0.29, 0.717) is 0 Å². The lowest BCUT2D eigenvalue weighted by molar-refractivity contribution is -0.173. The van der Waals surface area contributed by atoms with Crippen LogP contribution in [0.2, 0.25) is 45.3 Å². The summed E-state index contributed by atoms with van der Waals surface area (Å²) in [7, 11) is -6.91. The topological polar surface area (TPSA) is 35.5 Å². The van der Waals surface area contributed by atoms with Crippen LogP contribution in [0.15, 0.2) is 12.2 Å². The van der Waals surface area contributed by atoms with E-state index in [9.17, 15) is 30.9 Å². The van der Waals surface area contributed by atoms with Crippen LogP contribution in [0.3, 0.4) is 0 Å². The highest BCUT2D eigenvalue weighted by Gasteiger charge is 2.50. The third kappa shape index (κ3) is 14.5. The van der Waals surface area contributed by atoms with Gasteiger partial charge in [0.1, 0.15) is 0 Å². The second-order valence-corrected chi connectivity index (χ2v) is 19.9. The molecule has 0 amide bonds. The van der Waals surface area contributed by atoms with Crippen molar-refractivity contribution >= 4 is 31.3 Å². The van der Waals surface area contributed by atoms with E-state index in [1.165, 1.54) is 19.8 Å². The van der Waals surface area contributed by atoms with Crippen molar-refractivity contribution in [2.45, 2.75) is 97.0 Å². The minimum Gasteiger partial charge on any atom is -0.436 e. The van der Waals surface area contributed by atoms with Gasteiger partial charge in [-0.15, -0.1) is 0 Å². The van der Waals surface area contributed by atoms with Crippen LogP contribution in [0.5, 0.6) is 0 Å². The summed E-state index contributed by atoms with van der Waals surface area (Å²) < 4.78 is 85.6. The van der Waals surface area contributed by atoms with Crippen LogP contribution in [-0.2, 0) is 13.0 Å². The zero-order valence-corrected chi connectivity index (χ0v) is 22.2. The summed E-state index contributed by atoms with van der Waals surface area (Å²) in [4.78, 5) is 10.7. The number of rotatable bonds is 12. The molecule has 0 saturated heterocycles. The summed E-state index contributed by atoms with van der Waals surface area (Å²) >= 11 is 0. The lowest BCUT2D eigenvalue weighted by atomic mass is 10.0. The highest BCUT2D eigenvalue weighted by molar-refractivity contribution is 6.86. The van der Waals surface area contributed by atoms with Gasteiger partial charge in [-0.25, -0.2) is 13.2 Å². The summed E-state index contributed by atoms with van der Waals surface area (Å²) in [6, 6.07) is 1.14. The molecule has 180 valence electrons. The number of allylic oxidation sites excluding steroid dienone is 1. The molecule has 12 heteroatoms. The van der Waals surface area contributed by atoms with Gasteiger partial charge in [0.05, 0.1) is 0 Å². The van der Waals surface area contributed by atoms with Crippen molar-refractivity contribution in [2.75, 3.05) is 0 Å². The zero-order chi connectivity index (χ0) is 24.6. The number of carbonyl (C=O) groups is 1. The summed E-state index contributed by atoms with van der Waals surface area (Å²) in [5.74, 6) is -5.77. The Bertz CT molecular complexity index is 552. The monoisotopic (exact) mass is 498 g/mol. The van der Waals surface area contributed by atoms with Crippen LogP contribution in [0.1, 0.15) is 33.1 Å². The molecule has 0 aliphatic rings. The summed E-state index contributed by atoms with van der Waals surface area (Å²) in [5.41, 5.74) is -0.141. The van der Waals surface area contributed by atoms with Gasteiger partial charge in [0.15, 0.2) is 20.3 Å². The van der Waals surface area contributed by atoms with E-state index in [2.05, 4.69) is 26.6 Å². The molecule has 0 N–H and O–H groups in total. The second-order valence-electron chi connectivity index (χ2n) is 8.68. The molecular weight excluding hydrogens is 462 g/mol. The fourth-order valence-corrected chi connectivity index (χ4v) is 14.7. The SMILES string of the molecule is C=C(C)C(=O)CC(F)C(F)(F)C(F)F.CCCC[Si](C)(C)O[Si](C)(C)O[Si](C)(C)F. The molecule has 0 saturated carbocycles. The minimum absolute atomic E-state index is 0.141. The first-order valence-electron chi connectivity index (χ1n) is 9.75. The number of hydrogen-bond acceptors (Lipinski definition) is 3. The normalized spacial score (nSPS) is 14.2. The van der Waals surface area contributed by atoms with Gasteiger partial charge in [-0.3, -0.25) is 8.90 Å². The van der Waals surface area contributed by atoms with Gasteiger partial charge < -0.3 is 8.23 Å². The quantitative estimate of drug-likeness (QED) is 0.124. The number of Topliss-reactive ketones (excluding diaryl/α,β-unsaturated/α-hetero) is 1. The van der Waals surface area contributed by atoms with Crippen molar-refractivity contribution < 1.29 is 39.1 Å². The molecule has 0 rings (SSSR count). The summed E-state index contributed by atoms with van der Waals surface area (Å²) in [6.45, 7) is 17.9. The Labute approximate surface area is 179 Å². The lowest BCUT2D eigenvalue weighted by Crippen LogP contribution is -2.51. The molecule has 30 heavy (non-hydrogen) atoms. The maximum atomic E-state index is 13.6. The van der Waals surface area contributed by atoms with Crippen molar-refractivity contribution in [3.05, 3.63) is 12.2 Å². The minimum atomic E-state index is -4.79. The van der Waals surface area contributed by atoms with Gasteiger partial charge >= 0.3 is 29.6 Å². The molecule has 1 atom stereocenters. The average Bonchev–Trinajstić information content (AvgIpc) is 2.49. The van der Waals surface area contributed by atoms with Gasteiger partial charge in [0.2, 0.25) is 0 Å². The van der Waals surface area contributed by atoms with E-state index in [4.69, 9.17) is 8.23 Å². The van der Waals surface area contributed by atoms with Gasteiger partial charge in [-0.2, -0.15) is 8.78 Å². The fourth-order valence-electron chi connectivity index (χ4n) is 2.53. The number of unbranched alkanes of at least 4 members (excludes halogenated alkanes) is 1. The number of halogens is 6. The molecule has 0 bridgehead atoms. The molecule has 3 nitrogen and oxygen atoms in total. The first-order valence-corrected chi connectivity index (χ1v) is 18.5. The molecule has 0 spiro atoms. The fraction of sp³-hybridized carbons (Fsp3) is 0.833. The summed E-state index contributed by atoms with van der Waals surface area (Å²) in [6.07, 6.45) is -6.18. The van der Waals surface area contributed by atoms with Crippen LogP contribution in [0.25, 0.3) is 0 Å². The Morgan fingerprint density at radius 3 is 1.83 bits per heavy atom. The average molecular weight is 499 g/mol. The van der Waals surface area contributed by atoms with Gasteiger partial charge in [-0.1, -0.05) is 26.3 Å². The molecule has 0 aliphatic carbocycles. The number of hydrogen-bond donors (Lipinski definition) is 0. The number of ketones is 1. The first-order chi connectivity index (χ1) is 13.2. The number of carbonyl (C=O) groups excluding carboxylic acids is 1. The molecule has 1 unspecified atom stereocenters. The first kappa shape index (κ1) is 31.7. The van der Waals surface area contributed by atoms with E-state index < -0.39 is 56.3 Å². The third-order valence-corrected chi connectivity index (χ3v) is 13.3. The maximum absolute atomic E-state index is 13.6. The highest BCUT2D eigenvalue weighted by Crippen LogP contribution is 2.31. The van der Waals surface area contributed by atoms with Crippen molar-refractivity contribution in [1.82, 2.24) is 0 Å². The van der Waals surface area contributed by atoms with E-state index in [1.807, 2.05) is 13.1 Å². The standard InChI is InChI=1S/C10H27FO2Si3.C8H9F5O/c1-8-9-10-14(2,3)12-16(6,7)13-15(4,5)11;1-4(2)5(14)3-6(9)8(12,13)7(10)11/h8-10H2,1-7H3;6-7H,1,3H2,2H3. The van der Waals surface area contributed by atoms with Crippen LogP contribution >= 0.6 is 0 Å². The largest absolute Gasteiger partial charge is 0.436 e. The Kier molecular flexibility index (Phi) is 13.3. The molecule has 0 aliphatic heterocycles. The third-order valence-electron chi connectivity index (χ3n) is 3.69. The van der Waals surface area contributed by atoms with E-state index in [0.717, 1.165) is 6.04 Å². The van der Waals surface area contributed by atoms with Gasteiger partial charge in [-0.05, 0) is 57.8 Å². The molecular formula is C18H36F6O3Si3. The van der Waals surface area contributed by atoms with Crippen molar-refractivity contribution in [2.24, 2.45) is 0 Å². The lowest BCUT2D eigenvalue weighted by Gasteiger charge is -2.35. The second kappa shape index (κ2) is 12.6. The predicted octanol–water partition coefficient (Wildman–Crippen LogP) is 7.16. The van der Waals surface area contributed by atoms with E-state index in [-0.39, 0.29) is 5.57 Å². The smallest absolute Gasteiger partial charge is 0.369 e. The molecule has 0 aromatic carbocycles. The molecule has 0 aromatic rings. The van der Waals surface area contributed by atoms with Crippen LogP contribution in [-0.4, -0.2) is 49.8 Å². The molecule has 0 radical (unpaired) electrons. The number of alkyl halides is 5. The van der Waals surface area contributed by atoms with Gasteiger partial charge in [0, 0.05) is 6.42 Å². The van der Waals surface area contributed by atoms with E-state index >= 15 is 0 Å². The van der Waals surface area contributed by atoms with Crippen LogP contribution in [0, 0.1) is 0 Å². The Morgan fingerprint density at radius 2 is 1.50 bits per heavy atom. The highest BCUT2D eigenvalue weighted by atomic mass is 28.5. The Balaban J connectivity index is 0. The van der Waals surface area contributed by atoms with Crippen LogP contribution in [0.4, 0.5) is 26.1 Å². The van der Waals surface area contributed by atoms with Crippen LogP contribution < -0.4 is 0 Å². The predicted molar refractivity (Wildman–Crippen MR) is 116 cm³/mol. The Hall–Kier alpha value is -0.439. The van der Waals surface area contributed by atoms with Gasteiger partial charge in [0.25, 0.3) is 0 Å². The molecule has 0 fully saturated rings. The summed E-state index contributed by atoms with van der Waals surface area (Å²) in [5, 5.41) is 0. The van der Waals surface area contributed by atoms with Crippen molar-refractivity contribution in [3.8, 4) is 0 Å². The van der Waals surface area contributed by atoms with Crippen molar-refractivity contribution in [3.63, 3.8) is 0 Å². The van der Waals surface area contributed by atoms with Crippen molar-refractivity contribution in [1.29, 1.82) is 0 Å². The molecule has 0 aromatic heterocycles. The van der Waals surface area contributed by atoms with E-state index in [1.54, 1.807) is 13.1 Å². The Morgan fingerprint density at radius 1 is 1.03 bits per heavy atom. The zero-order valence-electron chi connectivity index (χ0n) is 19.2. The molecule has 0 heterocycles.